The van der Waals surface area contributed by atoms with E-state index < -0.39 is 0 Å². The summed E-state index contributed by atoms with van der Waals surface area (Å²) in [6.07, 6.45) is 5.08. The molecule has 1 saturated heterocycles. The minimum absolute atomic E-state index is 0.160. The Morgan fingerprint density at radius 2 is 2.20 bits per heavy atom. The van der Waals surface area contributed by atoms with Gasteiger partial charge in [0.05, 0.1) is 6.10 Å². The predicted molar refractivity (Wildman–Crippen MR) is 78.5 cm³/mol. The van der Waals surface area contributed by atoms with Crippen molar-refractivity contribution in [2.75, 3.05) is 25.1 Å². The van der Waals surface area contributed by atoms with Crippen LogP contribution in [0.15, 0.2) is 18.2 Å². The Bertz CT molecular complexity index is 456. The second kappa shape index (κ2) is 6.10. The summed E-state index contributed by atoms with van der Waals surface area (Å²) in [6.45, 7) is 2.49. The normalized spacial score (nSPS) is 22.2. The first kappa shape index (κ1) is 13.8. The van der Waals surface area contributed by atoms with E-state index in [4.69, 9.17) is 4.74 Å². The Kier molecular flexibility index (Phi) is 4.22. The van der Waals surface area contributed by atoms with Crippen LogP contribution in [-0.2, 0) is 11.3 Å². The first-order chi connectivity index (χ1) is 9.72. The standard InChI is InChI=1S/C16H23FN2O/c1-19(11-15-3-2-8-20-15)16-7-4-13(17)9-12(16)10-18-14-5-6-14/h4,7,9,14-15,18H,2-3,5-6,8,10-11H2,1H3. The van der Waals surface area contributed by atoms with E-state index in [1.807, 2.05) is 6.07 Å². The second-order valence-corrected chi connectivity index (χ2v) is 5.94. The Morgan fingerprint density at radius 3 is 2.90 bits per heavy atom. The van der Waals surface area contributed by atoms with E-state index in [2.05, 4.69) is 17.3 Å². The van der Waals surface area contributed by atoms with Crippen LogP contribution < -0.4 is 10.2 Å². The van der Waals surface area contributed by atoms with Crippen molar-refractivity contribution in [1.82, 2.24) is 5.32 Å². The summed E-state index contributed by atoms with van der Waals surface area (Å²) in [5.41, 5.74) is 2.15. The zero-order valence-electron chi connectivity index (χ0n) is 12.1. The number of hydrogen-bond acceptors (Lipinski definition) is 3. The molecule has 1 N–H and O–H groups in total. The summed E-state index contributed by atoms with van der Waals surface area (Å²) in [4.78, 5) is 2.19. The monoisotopic (exact) mass is 278 g/mol. The molecule has 110 valence electrons. The van der Waals surface area contributed by atoms with Crippen molar-refractivity contribution < 1.29 is 9.13 Å². The van der Waals surface area contributed by atoms with Gasteiger partial charge < -0.3 is 15.0 Å². The van der Waals surface area contributed by atoms with E-state index in [0.29, 0.717) is 12.1 Å². The molecule has 0 amide bonds. The van der Waals surface area contributed by atoms with Crippen molar-refractivity contribution in [3.8, 4) is 0 Å². The van der Waals surface area contributed by atoms with Gasteiger partial charge in [0, 0.05) is 38.5 Å². The molecule has 0 radical (unpaired) electrons. The van der Waals surface area contributed by atoms with Gasteiger partial charge in [-0.05, 0) is 49.4 Å². The minimum Gasteiger partial charge on any atom is -0.376 e. The molecule has 1 aromatic carbocycles. The first-order valence-electron chi connectivity index (χ1n) is 7.57. The largest absolute Gasteiger partial charge is 0.376 e. The lowest BCUT2D eigenvalue weighted by Crippen LogP contribution is -2.30. The van der Waals surface area contributed by atoms with Gasteiger partial charge in [-0.15, -0.1) is 0 Å². The number of ether oxygens (including phenoxy) is 1. The molecule has 1 aliphatic heterocycles. The number of benzene rings is 1. The quantitative estimate of drug-likeness (QED) is 0.866. The van der Waals surface area contributed by atoms with Crippen LogP contribution in [0.1, 0.15) is 31.2 Å². The minimum atomic E-state index is -0.160. The molecule has 2 aliphatic rings. The smallest absolute Gasteiger partial charge is 0.123 e. The molecule has 1 saturated carbocycles. The fourth-order valence-corrected chi connectivity index (χ4v) is 2.80. The summed E-state index contributed by atoms with van der Waals surface area (Å²) < 4.78 is 19.2. The van der Waals surface area contributed by atoms with E-state index >= 15 is 0 Å². The van der Waals surface area contributed by atoms with Gasteiger partial charge in [0.15, 0.2) is 0 Å². The highest BCUT2D eigenvalue weighted by atomic mass is 19.1. The fourth-order valence-electron chi connectivity index (χ4n) is 2.80. The van der Waals surface area contributed by atoms with Crippen LogP contribution in [0.3, 0.4) is 0 Å². The van der Waals surface area contributed by atoms with Crippen molar-refractivity contribution in [3.05, 3.63) is 29.6 Å². The van der Waals surface area contributed by atoms with Crippen LogP contribution in [0.2, 0.25) is 0 Å². The maximum absolute atomic E-state index is 13.5. The Balaban J connectivity index is 1.68. The number of likely N-dealkylation sites (N-methyl/N-ethyl adjacent to an activating group) is 1. The third kappa shape index (κ3) is 3.49. The summed E-state index contributed by atoms with van der Waals surface area (Å²) >= 11 is 0. The molecule has 1 unspecified atom stereocenters. The molecule has 1 atom stereocenters. The van der Waals surface area contributed by atoms with E-state index in [0.717, 1.165) is 43.8 Å². The molecule has 0 bridgehead atoms. The van der Waals surface area contributed by atoms with Gasteiger partial charge in [-0.3, -0.25) is 0 Å². The summed E-state index contributed by atoms with van der Waals surface area (Å²) in [6, 6.07) is 5.71. The maximum Gasteiger partial charge on any atom is 0.123 e. The zero-order valence-corrected chi connectivity index (χ0v) is 12.1. The van der Waals surface area contributed by atoms with Crippen LogP contribution in [0.5, 0.6) is 0 Å². The zero-order chi connectivity index (χ0) is 13.9. The van der Waals surface area contributed by atoms with Crippen molar-refractivity contribution in [1.29, 1.82) is 0 Å². The van der Waals surface area contributed by atoms with E-state index in [9.17, 15) is 4.39 Å². The van der Waals surface area contributed by atoms with E-state index in [-0.39, 0.29) is 5.82 Å². The fraction of sp³-hybridized carbons (Fsp3) is 0.625. The molecule has 1 aliphatic carbocycles. The molecule has 0 spiro atoms. The summed E-state index contributed by atoms with van der Waals surface area (Å²) in [7, 11) is 2.07. The third-order valence-electron chi connectivity index (χ3n) is 4.11. The number of anilines is 1. The molecule has 0 aromatic heterocycles. The molecular formula is C16H23FN2O. The average Bonchev–Trinajstić information content (AvgIpc) is 3.13. The van der Waals surface area contributed by atoms with Gasteiger partial charge in [0.1, 0.15) is 5.82 Å². The van der Waals surface area contributed by atoms with Gasteiger partial charge in [-0.2, -0.15) is 0 Å². The second-order valence-electron chi connectivity index (χ2n) is 5.94. The Hall–Kier alpha value is -1.13. The number of nitrogens with zero attached hydrogens (tertiary/aromatic N) is 1. The highest BCUT2D eigenvalue weighted by Crippen LogP contribution is 2.25. The lowest BCUT2D eigenvalue weighted by atomic mass is 10.1. The first-order valence-corrected chi connectivity index (χ1v) is 7.57. The van der Waals surface area contributed by atoms with Crippen LogP contribution in [0.25, 0.3) is 0 Å². The molecular weight excluding hydrogens is 255 g/mol. The Morgan fingerprint density at radius 1 is 1.35 bits per heavy atom. The lowest BCUT2D eigenvalue weighted by Gasteiger charge is -2.25. The van der Waals surface area contributed by atoms with E-state index in [1.54, 1.807) is 12.1 Å². The van der Waals surface area contributed by atoms with Crippen LogP contribution in [0.4, 0.5) is 10.1 Å². The molecule has 1 aromatic rings. The topological polar surface area (TPSA) is 24.5 Å². The van der Waals surface area contributed by atoms with Crippen LogP contribution in [-0.4, -0.2) is 32.3 Å². The van der Waals surface area contributed by atoms with Gasteiger partial charge in [0.25, 0.3) is 0 Å². The molecule has 3 nitrogen and oxygen atoms in total. The predicted octanol–water partition coefficient (Wildman–Crippen LogP) is 2.69. The van der Waals surface area contributed by atoms with Crippen molar-refractivity contribution >= 4 is 5.69 Å². The highest BCUT2D eigenvalue weighted by Gasteiger charge is 2.22. The van der Waals surface area contributed by atoms with Gasteiger partial charge in [-0.1, -0.05) is 0 Å². The van der Waals surface area contributed by atoms with Gasteiger partial charge in [0.2, 0.25) is 0 Å². The van der Waals surface area contributed by atoms with Crippen LogP contribution in [0, 0.1) is 5.82 Å². The van der Waals surface area contributed by atoms with Crippen molar-refractivity contribution in [2.24, 2.45) is 0 Å². The van der Waals surface area contributed by atoms with Crippen molar-refractivity contribution in [2.45, 2.75) is 44.4 Å². The number of hydrogen-bond donors (Lipinski definition) is 1. The number of halogens is 1. The van der Waals surface area contributed by atoms with Gasteiger partial charge in [-0.25, -0.2) is 4.39 Å². The third-order valence-corrected chi connectivity index (χ3v) is 4.11. The molecule has 4 heteroatoms. The number of rotatable bonds is 6. The Labute approximate surface area is 120 Å². The van der Waals surface area contributed by atoms with E-state index in [1.165, 1.54) is 12.8 Å². The molecule has 20 heavy (non-hydrogen) atoms. The maximum atomic E-state index is 13.5. The van der Waals surface area contributed by atoms with Crippen molar-refractivity contribution in [3.63, 3.8) is 0 Å². The molecule has 2 fully saturated rings. The lowest BCUT2D eigenvalue weighted by molar-refractivity contribution is 0.116. The number of nitrogens with one attached hydrogen (secondary N) is 1. The van der Waals surface area contributed by atoms with Crippen LogP contribution >= 0.6 is 0 Å². The SMILES string of the molecule is CN(CC1CCCO1)c1ccc(F)cc1CNC1CC1. The molecule has 3 rings (SSSR count). The molecule has 1 heterocycles. The highest BCUT2D eigenvalue weighted by molar-refractivity contribution is 5.53. The summed E-state index contributed by atoms with van der Waals surface area (Å²) in [5.74, 6) is -0.160. The van der Waals surface area contributed by atoms with Gasteiger partial charge >= 0.3 is 0 Å². The average molecular weight is 278 g/mol. The summed E-state index contributed by atoms with van der Waals surface area (Å²) in [5, 5.41) is 3.46.